The molecule has 10 aliphatic heterocycles. The Labute approximate surface area is 302 Å². The zero-order valence-corrected chi connectivity index (χ0v) is 30.4. The monoisotopic (exact) mass is 713 g/mol. The number of ether oxygens (including phenoxy) is 8. The van der Waals surface area contributed by atoms with Crippen LogP contribution in [-0.4, -0.2) is 115 Å². The number of hydrogen-bond acceptors (Lipinski definition) is 11. The van der Waals surface area contributed by atoms with Crippen molar-refractivity contribution in [3.63, 3.8) is 0 Å². The Bertz CT molecular complexity index is 1360. The van der Waals surface area contributed by atoms with Gasteiger partial charge in [-0.25, -0.2) is 0 Å². The van der Waals surface area contributed by atoms with E-state index in [0.717, 1.165) is 56.1 Å². The molecule has 0 amide bonds. The van der Waals surface area contributed by atoms with Crippen molar-refractivity contribution in [2.24, 2.45) is 23.5 Å². The highest BCUT2D eigenvalue weighted by Crippen LogP contribution is 2.54. The summed E-state index contributed by atoms with van der Waals surface area (Å²) in [5.74, 6) is -0.222. The van der Waals surface area contributed by atoms with Gasteiger partial charge in [0.25, 0.3) is 0 Å². The Morgan fingerprint density at radius 2 is 1.51 bits per heavy atom. The van der Waals surface area contributed by atoms with Gasteiger partial charge in [-0.15, -0.1) is 0 Å². The topological polar surface area (TPSA) is 137 Å². The minimum atomic E-state index is -0.765. The highest BCUT2D eigenvalue weighted by Gasteiger charge is 2.68. The third-order valence-electron chi connectivity index (χ3n) is 14.2. The second-order valence-corrected chi connectivity index (χ2v) is 17.6. The molecule has 0 aromatic rings. The summed E-state index contributed by atoms with van der Waals surface area (Å²) in [6.45, 7) is 13.5. The molecule has 12 bridgehead atoms. The molecule has 3 N–H and O–H groups in total. The third kappa shape index (κ3) is 6.53. The summed E-state index contributed by atoms with van der Waals surface area (Å²) >= 11 is 0. The molecule has 10 fully saturated rings. The zero-order chi connectivity index (χ0) is 35.2. The summed E-state index contributed by atoms with van der Waals surface area (Å²) in [6.07, 6.45) is 6.43. The quantitative estimate of drug-likeness (QED) is 0.410. The lowest BCUT2D eigenvalue weighted by Crippen LogP contribution is -2.61. The second-order valence-electron chi connectivity index (χ2n) is 17.6. The van der Waals surface area contributed by atoms with Crippen molar-refractivity contribution in [2.75, 3.05) is 6.54 Å². The number of fused-ring (bicyclic) bond motifs is 6. The summed E-state index contributed by atoms with van der Waals surface area (Å²) in [5, 5.41) is 10.5. The van der Waals surface area contributed by atoms with Gasteiger partial charge in [0.1, 0.15) is 36.3 Å². The van der Waals surface area contributed by atoms with Gasteiger partial charge in [0.15, 0.2) is 5.79 Å². The molecular formula is C40H59NO10. The number of ketones is 1. The summed E-state index contributed by atoms with van der Waals surface area (Å²) in [7, 11) is 0. The van der Waals surface area contributed by atoms with Crippen LogP contribution in [0.25, 0.3) is 0 Å². The third-order valence-corrected chi connectivity index (χ3v) is 14.2. The van der Waals surface area contributed by atoms with Crippen LogP contribution in [0.15, 0.2) is 24.3 Å². The fourth-order valence-electron chi connectivity index (χ4n) is 11.3. The molecule has 10 aliphatic rings. The maximum Gasteiger partial charge on any atom is 0.172 e. The van der Waals surface area contributed by atoms with Crippen molar-refractivity contribution in [3.8, 4) is 0 Å². The number of nitrogens with two attached hydrogens (primary N) is 1. The standard InChI is InChI=1S/C40H59NO10/c1-19-11-25-5-7-29-20(2)12-27(44-29)9-10-40-17-34-36(50-40)37-38(49-34)39(51-40)35-30(48-37)8-6-26(46-35)13-23(42)14-28-22(4)31(15-24(43)18-41)47-33(28)16-32(45-25)21(19)3/h19,22,24-39,43H,2-3,5-18,41H2,1,4H3/t19-,22-,24+,25+,26-,27+,28-,29+,30?,31-,32-,33+,34?,35+,36+,37+,38-,39+,40?/m1/s1. The van der Waals surface area contributed by atoms with E-state index in [2.05, 4.69) is 27.0 Å². The first-order valence-electron chi connectivity index (χ1n) is 20.1. The number of hydrogen-bond donors (Lipinski definition) is 2. The van der Waals surface area contributed by atoms with Gasteiger partial charge in [0, 0.05) is 45.1 Å². The van der Waals surface area contributed by atoms with E-state index < -0.39 is 11.9 Å². The minimum absolute atomic E-state index is 0.00127. The first-order valence-corrected chi connectivity index (χ1v) is 20.1. The van der Waals surface area contributed by atoms with Crippen molar-refractivity contribution in [1.29, 1.82) is 0 Å². The van der Waals surface area contributed by atoms with Crippen LogP contribution in [-0.2, 0) is 42.7 Å². The molecule has 10 heterocycles. The highest BCUT2D eigenvalue weighted by atomic mass is 16.8. The van der Waals surface area contributed by atoms with E-state index in [4.69, 9.17) is 43.6 Å². The molecule has 1 spiro atoms. The predicted octanol–water partition coefficient (Wildman–Crippen LogP) is 4.06. The van der Waals surface area contributed by atoms with Crippen molar-refractivity contribution in [1.82, 2.24) is 0 Å². The zero-order valence-electron chi connectivity index (χ0n) is 30.4. The summed E-state index contributed by atoms with van der Waals surface area (Å²) in [5.41, 5.74) is 8.06. The van der Waals surface area contributed by atoms with E-state index in [1.165, 1.54) is 0 Å². The lowest BCUT2D eigenvalue weighted by atomic mass is 9.78. The first-order chi connectivity index (χ1) is 24.6. The van der Waals surface area contributed by atoms with Crippen LogP contribution in [0.3, 0.4) is 0 Å². The van der Waals surface area contributed by atoms with Crippen LogP contribution < -0.4 is 5.73 Å². The Hall–Kier alpha value is -1.25. The first kappa shape index (κ1) is 35.5. The van der Waals surface area contributed by atoms with Crippen molar-refractivity contribution in [2.45, 2.75) is 195 Å². The van der Waals surface area contributed by atoms with E-state index in [1.807, 2.05) is 0 Å². The van der Waals surface area contributed by atoms with Crippen LogP contribution in [0.5, 0.6) is 0 Å². The highest BCUT2D eigenvalue weighted by molar-refractivity contribution is 5.79. The normalized spacial score (nSPS) is 53.2. The lowest BCUT2D eigenvalue weighted by molar-refractivity contribution is -0.292. The molecule has 0 radical (unpaired) electrons. The molecule has 10 rings (SSSR count). The van der Waals surface area contributed by atoms with Crippen LogP contribution >= 0.6 is 0 Å². The van der Waals surface area contributed by atoms with E-state index in [0.29, 0.717) is 44.4 Å². The molecule has 0 aliphatic carbocycles. The van der Waals surface area contributed by atoms with Gasteiger partial charge in [-0.05, 0) is 73.8 Å². The molecule has 11 heteroatoms. The number of carbonyl (C=O) groups is 1. The molecule has 10 saturated heterocycles. The second kappa shape index (κ2) is 13.8. The molecule has 284 valence electrons. The number of carbonyl (C=O) groups excluding carboxylic acids is 1. The molecular weight excluding hydrogens is 654 g/mol. The van der Waals surface area contributed by atoms with Gasteiger partial charge >= 0.3 is 0 Å². The van der Waals surface area contributed by atoms with E-state index >= 15 is 0 Å². The maximum absolute atomic E-state index is 14.0. The summed E-state index contributed by atoms with van der Waals surface area (Å²) in [6, 6.07) is 0. The van der Waals surface area contributed by atoms with E-state index in [9.17, 15) is 9.90 Å². The van der Waals surface area contributed by atoms with Crippen molar-refractivity contribution < 1.29 is 47.8 Å². The predicted molar refractivity (Wildman–Crippen MR) is 185 cm³/mol. The molecule has 0 aromatic carbocycles. The average Bonchev–Trinajstić information content (AvgIpc) is 3.77. The van der Waals surface area contributed by atoms with Gasteiger partial charge in [-0.3, -0.25) is 4.79 Å². The van der Waals surface area contributed by atoms with Crippen molar-refractivity contribution >= 4 is 5.78 Å². The Morgan fingerprint density at radius 3 is 2.35 bits per heavy atom. The molecule has 0 aromatic heterocycles. The van der Waals surface area contributed by atoms with Crippen LogP contribution in [0.2, 0.25) is 0 Å². The SMILES string of the molecule is C=C1C[C@@H]2CCC34CC5O[C@H]6[C@@H](O3)[C@H]3O[C@H](CCC3O[C@H]6[C@H]5O4)CC(=O)C[C@@H]3[C@@H](C)[C@@H](C[C@H](O)CN)O[C@H]3C[C@H]3O[C@@H](CC[C@@H]1O2)C[C@@H](C)C3=C. The van der Waals surface area contributed by atoms with Crippen LogP contribution in [0.4, 0.5) is 0 Å². The van der Waals surface area contributed by atoms with Gasteiger partial charge in [0.05, 0.1) is 61.0 Å². The Kier molecular flexibility index (Phi) is 9.59. The molecule has 19 atom stereocenters. The molecule has 51 heavy (non-hydrogen) atoms. The lowest BCUT2D eigenvalue weighted by Gasteiger charge is -2.47. The van der Waals surface area contributed by atoms with Gasteiger partial charge in [-0.2, -0.15) is 0 Å². The average molecular weight is 714 g/mol. The summed E-state index contributed by atoms with van der Waals surface area (Å²) < 4.78 is 54.0. The van der Waals surface area contributed by atoms with Gasteiger partial charge in [0.2, 0.25) is 0 Å². The molecule has 3 unspecified atom stereocenters. The number of aliphatic hydroxyl groups excluding tert-OH is 1. The van der Waals surface area contributed by atoms with Crippen molar-refractivity contribution in [3.05, 3.63) is 24.3 Å². The van der Waals surface area contributed by atoms with Crippen LogP contribution in [0, 0.1) is 17.8 Å². The van der Waals surface area contributed by atoms with Crippen LogP contribution in [0.1, 0.15) is 97.3 Å². The number of aliphatic hydroxyl groups is 1. The molecule has 0 saturated carbocycles. The minimum Gasteiger partial charge on any atom is -0.392 e. The molecule has 11 nitrogen and oxygen atoms in total. The Balaban J connectivity index is 0.986. The number of rotatable bonds is 3. The fraction of sp³-hybridized carbons (Fsp3) is 0.875. The van der Waals surface area contributed by atoms with E-state index in [-0.39, 0.29) is 110 Å². The maximum atomic E-state index is 14.0. The summed E-state index contributed by atoms with van der Waals surface area (Å²) in [4.78, 5) is 14.0. The largest absolute Gasteiger partial charge is 0.392 e. The smallest absolute Gasteiger partial charge is 0.172 e. The Morgan fingerprint density at radius 1 is 0.765 bits per heavy atom. The van der Waals surface area contributed by atoms with Gasteiger partial charge < -0.3 is 48.7 Å². The number of Topliss-reactive ketones (excluding diaryl/α,β-unsaturated/α-hetero) is 1. The van der Waals surface area contributed by atoms with E-state index in [1.54, 1.807) is 0 Å². The van der Waals surface area contributed by atoms with Gasteiger partial charge in [-0.1, -0.05) is 27.0 Å². The fourth-order valence-corrected chi connectivity index (χ4v) is 11.3.